The van der Waals surface area contributed by atoms with Crippen LogP contribution in [0.3, 0.4) is 0 Å². The van der Waals surface area contributed by atoms with E-state index in [0.29, 0.717) is 6.26 Å². The van der Waals surface area contributed by atoms with Crippen molar-refractivity contribution in [1.82, 2.24) is 19.9 Å². The summed E-state index contributed by atoms with van der Waals surface area (Å²) in [5.74, 6) is -5.43. The molecule has 0 aliphatic rings. The number of benzene rings is 1. The van der Waals surface area contributed by atoms with E-state index in [1.807, 2.05) is 0 Å². The van der Waals surface area contributed by atoms with Gasteiger partial charge in [-0.2, -0.15) is 15.2 Å². The second kappa shape index (κ2) is 10.0. The molecule has 0 radical (unpaired) electrons. The van der Waals surface area contributed by atoms with E-state index in [1.165, 1.54) is 12.5 Å². The molecule has 2 aromatic heterocycles. The number of nitrogens with one attached hydrogen (secondary N) is 1. The lowest BCUT2D eigenvalue weighted by Gasteiger charge is -2.15. The number of ether oxygens (including phenoxy) is 2. The number of hydrogen-bond acceptors (Lipinski definition) is 12. The molecule has 1 aromatic carbocycles. The molecule has 0 saturated carbocycles. The Balaban J connectivity index is 2.15. The number of nitriles is 1. The maximum Gasteiger partial charge on any atom is 0.392 e. The number of rotatable bonds is 10. The van der Waals surface area contributed by atoms with Crippen LogP contribution < -0.4 is 9.47 Å². The second-order valence-electron chi connectivity index (χ2n) is 6.93. The van der Waals surface area contributed by atoms with E-state index in [9.17, 15) is 38.3 Å². The number of nitrogens with zero attached hydrogens (tertiary/aromatic N) is 5. The van der Waals surface area contributed by atoms with Crippen LogP contribution >= 0.6 is 0 Å². The van der Waals surface area contributed by atoms with Gasteiger partial charge in [-0.25, -0.2) is 23.0 Å². The van der Waals surface area contributed by atoms with Gasteiger partial charge in [-0.3, -0.25) is 10.1 Å². The van der Waals surface area contributed by atoms with Crippen LogP contribution in [0.4, 0.5) is 5.69 Å². The molecule has 0 bridgehead atoms. The van der Waals surface area contributed by atoms with Gasteiger partial charge in [0, 0.05) is 18.9 Å². The summed E-state index contributed by atoms with van der Waals surface area (Å²) >= 11 is 0. The summed E-state index contributed by atoms with van der Waals surface area (Å²) in [6, 6.07) is 4.67. The number of H-pyrrole nitrogens is 1. The predicted molar refractivity (Wildman–Crippen MR) is 114 cm³/mol. The SMILES string of the molecule is CS(=O)(=O)c1nc(Oc2ccc(C#N)c(C(=O)O)c2)c([N+](=O)[O-])c(OC(Cc2c[nH]cn2)C(=O)O)n1. The topological polar surface area (TPSA) is 249 Å². The molecule has 0 aliphatic heterocycles. The molecule has 1 atom stereocenters. The highest BCUT2D eigenvalue weighted by Crippen LogP contribution is 2.38. The number of aromatic nitrogens is 4. The summed E-state index contributed by atoms with van der Waals surface area (Å²) in [4.78, 5) is 47.4. The Kier molecular flexibility index (Phi) is 7.10. The second-order valence-corrected chi connectivity index (χ2v) is 8.84. The molecule has 0 spiro atoms. The number of carboxylic acid groups (broad SMARTS) is 2. The normalized spacial score (nSPS) is 11.8. The average molecular weight is 518 g/mol. The minimum atomic E-state index is -4.23. The Labute approximate surface area is 200 Å². The Morgan fingerprint density at radius 1 is 1.28 bits per heavy atom. The van der Waals surface area contributed by atoms with Crippen molar-refractivity contribution in [1.29, 1.82) is 5.26 Å². The van der Waals surface area contributed by atoms with Gasteiger partial charge in [0.25, 0.3) is 5.16 Å². The fraction of sp³-hybridized carbons (Fsp3) is 0.158. The van der Waals surface area contributed by atoms with Gasteiger partial charge in [0.2, 0.25) is 15.9 Å². The van der Waals surface area contributed by atoms with Gasteiger partial charge in [0.15, 0.2) is 0 Å². The van der Waals surface area contributed by atoms with Gasteiger partial charge in [-0.05, 0) is 18.2 Å². The summed E-state index contributed by atoms with van der Waals surface area (Å²) in [5.41, 5.74) is -1.65. The van der Waals surface area contributed by atoms with Crippen molar-refractivity contribution in [2.75, 3.05) is 6.26 Å². The molecule has 3 aromatic rings. The minimum Gasteiger partial charge on any atom is -0.478 e. The molecular formula is C19H14N6O10S. The molecule has 1 unspecified atom stereocenters. The van der Waals surface area contributed by atoms with Crippen LogP contribution in [0, 0.1) is 21.4 Å². The summed E-state index contributed by atoms with van der Waals surface area (Å²) in [6.07, 6.45) is 1.15. The number of aromatic carboxylic acids is 1. The molecular weight excluding hydrogens is 504 g/mol. The van der Waals surface area contributed by atoms with Crippen LogP contribution in [0.1, 0.15) is 21.6 Å². The molecule has 0 aliphatic carbocycles. The first kappa shape index (κ1) is 25.5. The number of aliphatic carboxylic acids is 1. The molecule has 0 saturated heterocycles. The van der Waals surface area contributed by atoms with Gasteiger partial charge in [0.05, 0.1) is 28.1 Å². The van der Waals surface area contributed by atoms with Crippen molar-refractivity contribution >= 4 is 27.5 Å². The van der Waals surface area contributed by atoms with Crippen molar-refractivity contribution in [3.63, 3.8) is 0 Å². The van der Waals surface area contributed by atoms with E-state index in [0.717, 1.165) is 18.2 Å². The molecule has 36 heavy (non-hydrogen) atoms. The zero-order valence-electron chi connectivity index (χ0n) is 18.0. The van der Waals surface area contributed by atoms with Crippen molar-refractivity contribution in [2.24, 2.45) is 0 Å². The standard InChI is InChI=1S/C19H14N6O10S/c1-36(32,33)19-23-15(34-11-3-2-9(6-20)12(5-11)17(26)27)14(25(30)31)16(24-19)35-13(18(28)29)4-10-7-21-8-22-10/h2-3,5,7-8,13H,4H2,1H3,(H,21,22)(H,26,27)(H,28,29). The molecule has 17 heteroatoms. The van der Waals surface area contributed by atoms with Gasteiger partial charge in [-0.15, -0.1) is 0 Å². The van der Waals surface area contributed by atoms with Gasteiger partial charge >= 0.3 is 29.4 Å². The first-order chi connectivity index (χ1) is 16.9. The van der Waals surface area contributed by atoms with E-state index in [1.54, 1.807) is 6.07 Å². The third-order valence-electron chi connectivity index (χ3n) is 4.35. The Bertz CT molecular complexity index is 1500. The summed E-state index contributed by atoms with van der Waals surface area (Å²) < 4.78 is 34.8. The van der Waals surface area contributed by atoms with Crippen molar-refractivity contribution < 1.29 is 42.6 Å². The molecule has 186 valence electrons. The molecule has 3 rings (SSSR count). The van der Waals surface area contributed by atoms with E-state index < -0.39 is 61.0 Å². The first-order valence-electron chi connectivity index (χ1n) is 9.49. The third kappa shape index (κ3) is 5.68. The highest BCUT2D eigenvalue weighted by Gasteiger charge is 2.34. The largest absolute Gasteiger partial charge is 0.478 e. The molecule has 0 amide bonds. The number of carbonyl (C=O) groups is 2. The maximum absolute atomic E-state index is 12.1. The fourth-order valence-electron chi connectivity index (χ4n) is 2.75. The maximum atomic E-state index is 12.1. The highest BCUT2D eigenvalue weighted by molar-refractivity contribution is 7.90. The zero-order valence-corrected chi connectivity index (χ0v) is 18.8. The van der Waals surface area contributed by atoms with Crippen LogP contribution in [0.2, 0.25) is 0 Å². The van der Waals surface area contributed by atoms with Crippen LogP contribution in [-0.2, 0) is 21.1 Å². The van der Waals surface area contributed by atoms with Gasteiger partial charge in [0.1, 0.15) is 11.8 Å². The first-order valence-corrected chi connectivity index (χ1v) is 11.4. The van der Waals surface area contributed by atoms with E-state index >= 15 is 0 Å². The van der Waals surface area contributed by atoms with Crippen LogP contribution in [-0.4, -0.2) is 67.8 Å². The lowest BCUT2D eigenvalue weighted by molar-refractivity contribution is -0.387. The molecule has 16 nitrogen and oxygen atoms in total. The number of hydrogen-bond donors (Lipinski definition) is 3. The zero-order chi connectivity index (χ0) is 26.6. The summed E-state index contributed by atoms with van der Waals surface area (Å²) in [5, 5.41) is 38.7. The van der Waals surface area contributed by atoms with E-state index in [2.05, 4.69) is 19.9 Å². The Hall–Kier alpha value is -5.11. The number of imidazole rings is 1. The van der Waals surface area contributed by atoms with E-state index in [4.69, 9.17) is 14.7 Å². The van der Waals surface area contributed by atoms with Gasteiger partial charge in [-0.1, -0.05) is 0 Å². The van der Waals surface area contributed by atoms with Crippen LogP contribution in [0.5, 0.6) is 17.5 Å². The van der Waals surface area contributed by atoms with Gasteiger partial charge < -0.3 is 24.7 Å². The quantitative estimate of drug-likeness (QED) is 0.192. The predicted octanol–water partition coefficient (Wildman–Crippen LogP) is 0.948. The summed E-state index contributed by atoms with van der Waals surface area (Å²) in [7, 11) is -4.23. The Morgan fingerprint density at radius 2 is 1.97 bits per heavy atom. The molecule has 3 N–H and O–H groups in total. The number of sulfone groups is 1. The number of carboxylic acids is 2. The smallest absolute Gasteiger partial charge is 0.392 e. The van der Waals surface area contributed by atoms with Crippen molar-refractivity contribution in [3.05, 3.63) is 57.7 Å². The van der Waals surface area contributed by atoms with Crippen LogP contribution in [0.15, 0.2) is 35.9 Å². The van der Waals surface area contributed by atoms with Crippen LogP contribution in [0.25, 0.3) is 0 Å². The lowest BCUT2D eigenvalue weighted by Crippen LogP contribution is -2.30. The average Bonchev–Trinajstić information content (AvgIpc) is 3.30. The number of nitro groups is 1. The monoisotopic (exact) mass is 518 g/mol. The van der Waals surface area contributed by atoms with E-state index in [-0.39, 0.29) is 23.4 Å². The van der Waals surface area contributed by atoms with Crippen molar-refractivity contribution in [2.45, 2.75) is 17.7 Å². The summed E-state index contributed by atoms with van der Waals surface area (Å²) in [6.45, 7) is 0. The number of aromatic amines is 1. The highest BCUT2D eigenvalue weighted by atomic mass is 32.2. The molecule has 2 heterocycles. The third-order valence-corrected chi connectivity index (χ3v) is 5.19. The Morgan fingerprint density at radius 3 is 2.50 bits per heavy atom. The lowest BCUT2D eigenvalue weighted by atomic mass is 10.1. The minimum absolute atomic E-state index is 0.220. The van der Waals surface area contributed by atoms with Crippen molar-refractivity contribution in [3.8, 4) is 23.6 Å². The molecule has 0 fully saturated rings. The fourth-order valence-corrected chi connectivity index (χ4v) is 3.25.